The lowest BCUT2D eigenvalue weighted by Gasteiger charge is -2.10. The summed E-state index contributed by atoms with van der Waals surface area (Å²) in [6.45, 7) is 5.21. The molecule has 2 aromatic rings. The predicted octanol–water partition coefficient (Wildman–Crippen LogP) is 3.56. The molecule has 1 unspecified atom stereocenters. The van der Waals surface area contributed by atoms with Gasteiger partial charge in [-0.25, -0.2) is 0 Å². The van der Waals surface area contributed by atoms with Crippen LogP contribution in [0, 0.1) is 13.8 Å². The van der Waals surface area contributed by atoms with E-state index in [2.05, 4.69) is 47.5 Å². The minimum absolute atomic E-state index is 0.237. The molecule has 0 radical (unpaired) electrons. The molecule has 1 aromatic carbocycles. The zero-order valence-corrected chi connectivity index (χ0v) is 12.1. The van der Waals surface area contributed by atoms with E-state index in [1.54, 1.807) is 0 Å². The van der Waals surface area contributed by atoms with Gasteiger partial charge >= 0.3 is 0 Å². The van der Waals surface area contributed by atoms with Gasteiger partial charge in [0, 0.05) is 5.56 Å². The Bertz CT molecular complexity index is 583. The summed E-state index contributed by atoms with van der Waals surface area (Å²) in [5, 5.41) is 7.67. The van der Waals surface area contributed by atoms with Gasteiger partial charge in [-0.15, -0.1) is 0 Å². The van der Waals surface area contributed by atoms with Crippen molar-refractivity contribution in [1.29, 1.82) is 0 Å². The van der Waals surface area contributed by atoms with Crippen molar-refractivity contribution in [3.63, 3.8) is 0 Å². The average Bonchev–Trinajstić information content (AvgIpc) is 2.74. The first-order valence-corrected chi connectivity index (χ1v) is 7.38. The highest BCUT2D eigenvalue weighted by atomic mass is 16.5. The van der Waals surface area contributed by atoms with Crippen LogP contribution in [0.3, 0.4) is 0 Å². The summed E-state index contributed by atoms with van der Waals surface area (Å²) in [6, 6.07) is 6.52. The van der Waals surface area contributed by atoms with E-state index in [-0.39, 0.29) is 6.04 Å². The van der Waals surface area contributed by atoms with Crippen LogP contribution in [-0.4, -0.2) is 16.7 Å². The SMILES string of the molecule is Cc1ccc(-c2nc(C3CCCCCN3)no2)c(C)c1. The Kier molecular flexibility index (Phi) is 3.83. The van der Waals surface area contributed by atoms with E-state index < -0.39 is 0 Å². The van der Waals surface area contributed by atoms with Crippen molar-refractivity contribution in [1.82, 2.24) is 15.5 Å². The smallest absolute Gasteiger partial charge is 0.258 e. The maximum atomic E-state index is 5.46. The molecule has 0 bridgehead atoms. The van der Waals surface area contributed by atoms with Gasteiger partial charge in [0.15, 0.2) is 5.82 Å². The Morgan fingerprint density at radius 3 is 2.95 bits per heavy atom. The third-order valence-corrected chi connectivity index (χ3v) is 3.93. The maximum Gasteiger partial charge on any atom is 0.258 e. The molecule has 0 saturated carbocycles. The van der Waals surface area contributed by atoms with E-state index in [4.69, 9.17) is 4.52 Å². The van der Waals surface area contributed by atoms with E-state index in [0.29, 0.717) is 5.89 Å². The standard InChI is InChI=1S/C16H21N3O/c1-11-7-8-13(12(2)10-11)16-18-15(19-20-16)14-6-4-3-5-9-17-14/h7-8,10,14,17H,3-6,9H2,1-2H3. The van der Waals surface area contributed by atoms with Gasteiger partial charge in [0.2, 0.25) is 0 Å². The highest BCUT2D eigenvalue weighted by molar-refractivity contribution is 5.58. The Balaban J connectivity index is 1.85. The minimum Gasteiger partial charge on any atom is -0.334 e. The van der Waals surface area contributed by atoms with Crippen LogP contribution < -0.4 is 5.32 Å². The third-order valence-electron chi connectivity index (χ3n) is 3.93. The molecule has 0 amide bonds. The number of benzene rings is 1. The topological polar surface area (TPSA) is 51.0 Å². The van der Waals surface area contributed by atoms with Crippen molar-refractivity contribution < 1.29 is 4.52 Å². The molecule has 3 rings (SSSR count). The van der Waals surface area contributed by atoms with Gasteiger partial charge in [-0.05, 0) is 44.9 Å². The molecule has 20 heavy (non-hydrogen) atoms. The molecule has 1 saturated heterocycles. The fraction of sp³-hybridized carbons (Fsp3) is 0.500. The molecule has 1 aliphatic rings. The van der Waals surface area contributed by atoms with Crippen molar-refractivity contribution in [3.8, 4) is 11.5 Å². The van der Waals surface area contributed by atoms with E-state index in [1.807, 2.05) is 0 Å². The van der Waals surface area contributed by atoms with Crippen LogP contribution in [0.25, 0.3) is 11.5 Å². The Morgan fingerprint density at radius 2 is 2.10 bits per heavy atom. The molecule has 106 valence electrons. The van der Waals surface area contributed by atoms with Gasteiger partial charge in [0.25, 0.3) is 5.89 Å². The second-order valence-corrected chi connectivity index (χ2v) is 5.63. The zero-order valence-electron chi connectivity index (χ0n) is 12.1. The zero-order chi connectivity index (χ0) is 13.9. The molecule has 0 spiro atoms. The van der Waals surface area contributed by atoms with Crippen LogP contribution >= 0.6 is 0 Å². The summed E-state index contributed by atoms with van der Waals surface area (Å²) in [7, 11) is 0. The van der Waals surface area contributed by atoms with E-state index in [1.165, 1.54) is 30.4 Å². The van der Waals surface area contributed by atoms with Crippen molar-refractivity contribution in [2.45, 2.75) is 45.6 Å². The van der Waals surface area contributed by atoms with Crippen LogP contribution in [0.5, 0.6) is 0 Å². The molecular weight excluding hydrogens is 250 g/mol. The molecule has 1 atom stereocenters. The number of nitrogens with one attached hydrogen (secondary N) is 1. The molecule has 2 heterocycles. The van der Waals surface area contributed by atoms with Crippen LogP contribution in [0.15, 0.2) is 22.7 Å². The van der Waals surface area contributed by atoms with Gasteiger partial charge in [-0.1, -0.05) is 35.7 Å². The number of nitrogens with zero attached hydrogens (tertiary/aromatic N) is 2. The van der Waals surface area contributed by atoms with Crippen LogP contribution in [-0.2, 0) is 0 Å². The first-order valence-electron chi connectivity index (χ1n) is 7.38. The summed E-state index contributed by atoms with van der Waals surface area (Å²) in [5.41, 5.74) is 3.45. The quantitative estimate of drug-likeness (QED) is 0.907. The Hall–Kier alpha value is -1.68. The molecule has 4 nitrogen and oxygen atoms in total. The second kappa shape index (κ2) is 5.75. The average molecular weight is 271 g/mol. The lowest BCUT2D eigenvalue weighted by atomic mass is 10.1. The molecule has 1 aromatic heterocycles. The lowest BCUT2D eigenvalue weighted by molar-refractivity contribution is 0.402. The van der Waals surface area contributed by atoms with Gasteiger partial charge in [-0.3, -0.25) is 0 Å². The number of aryl methyl sites for hydroxylation is 2. The van der Waals surface area contributed by atoms with Crippen molar-refractivity contribution in [2.24, 2.45) is 0 Å². The normalized spacial score (nSPS) is 19.8. The Labute approximate surface area is 119 Å². The first-order chi connectivity index (χ1) is 9.74. The summed E-state index contributed by atoms with van der Waals surface area (Å²) < 4.78 is 5.46. The summed E-state index contributed by atoms with van der Waals surface area (Å²) in [6.07, 6.45) is 4.83. The molecular formula is C16H21N3O. The molecule has 4 heteroatoms. The Morgan fingerprint density at radius 1 is 1.20 bits per heavy atom. The number of aromatic nitrogens is 2. The van der Waals surface area contributed by atoms with Crippen molar-refractivity contribution >= 4 is 0 Å². The lowest BCUT2D eigenvalue weighted by Crippen LogP contribution is -2.21. The largest absolute Gasteiger partial charge is 0.334 e. The number of hydrogen-bond acceptors (Lipinski definition) is 4. The molecule has 0 aliphatic carbocycles. The van der Waals surface area contributed by atoms with Gasteiger partial charge < -0.3 is 9.84 Å². The van der Waals surface area contributed by atoms with Crippen molar-refractivity contribution in [2.75, 3.05) is 6.54 Å². The summed E-state index contributed by atoms with van der Waals surface area (Å²) in [4.78, 5) is 4.60. The van der Waals surface area contributed by atoms with Crippen molar-refractivity contribution in [3.05, 3.63) is 35.2 Å². The fourth-order valence-corrected chi connectivity index (χ4v) is 2.79. The minimum atomic E-state index is 0.237. The summed E-state index contributed by atoms with van der Waals surface area (Å²) in [5.74, 6) is 1.42. The highest BCUT2D eigenvalue weighted by Gasteiger charge is 2.20. The van der Waals surface area contributed by atoms with Gasteiger partial charge in [0.1, 0.15) is 0 Å². The second-order valence-electron chi connectivity index (χ2n) is 5.63. The van der Waals surface area contributed by atoms with Crippen LogP contribution in [0.2, 0.25) is 0 Å². The monoisotopic (exact) mass is 271 g/mol. The number of rotatable bonds is 2. The highest BCUT2D eigenvalue weighted by Crippen LogP contribution is 2.26. The van der Waals surface area contributed by atoms with E-state index in [0.717, 1.165) is 24.4 Å². The van der Waals surface area contributed by atoms with Gasteiger partial charge in [-0.2, -0.15) is 4.98 Å². The van der Waals surface area contributed by atoms with E-state index in [9.17, 15) is 0 Å². The fourth-order valence-electron chi connectivity index (χ4n) is 2.79. The molecule has 1 aliphatic heterocycles. The van der Waals surface area contributed by atoms with Crippen LogP contribution in [0.4, 0.5) is 0 Å². The summed E-state index contributed by atoms with van der Waals surface area (Å²) >= 11 is 0. The van der Waals surface area contributed by atoms with E-state index >= 15 is 0 Å². The maximum absolute atomic E-state index is 5.46. The van der Waals surface area contributed by atoms with Gasteiger partial charge in [0.05, 0.1) is 6.04 Å². The third kappa shape index (κ3) is 2.75. The number of hydrogen-bond donors (Lipinski definition) is 1. The first kappa shape index (κ1) is 13.3. The molecule has 1 N–H and O–H groups in total. The molecule has 1 fully saturated rings. The predicted molar refractivity (Wildman–Crippen MR) is 78.4 cm³/mol. The van der Waals surface area contributed by atoms with Crippen LogP contribution in [0.1, 0.15) is 48.7 Å².